The Labute approximate surface area is 285 Å². The van der Waals surface area contributed by atoms with Crippen LogP contribution in [0.25, 0.3) is 50.1 Å². The molecule has 3 heteroatoms. The number of nitrogens with zero attached hydrogens (tertiary/aromatic N) is 3. The fraction of sp³-hybridized carbons (Fsp3) is 0.0652. The lowest BCUT2D eigenvalue weighted by molar-refractivity contribution is 0.794. The van der Waals surface area contributed by atoms with Gasteiger partial charge in [0.15, 0.2) is 0 Å². The van der Waals surface area contributed by atoms with Gasteiger partial charge in [0.2, 0.25) is 0 Å². The van der Waals surface area contributed by atoms with Gasteiger partial charge in [-0.3, -0.25) is 4.57 Å². The molecule has 0 atom stereocenters. The quantitative estimate of drug-likeness (QED) is 0.195. The van der Waals surface area contributed by atoms with Crippen LogP contribution in [0.3, 0.4) is 0 Å². The van der Waals surface area contributed by atoms with E-state index in [1.165, 1.54) is 61.2 Å². The smallest absolute Gasteiger partial charge is 0.114 e. The number of anilines is 3. The summed E-state index contributed by atoms with van der Waals surface area (Å²) in [6.45, 7) is 2.19. The maximum atomic E-state index is 5.08. The third kappa shape index (κ3) is 3.34. The van der Waals surface area contributed by atoms with E-state index in [1.807, 2.05) is 0 Å². The van der Waals surface area contributed by atoms with Crippen molar-refractivity contribution in [1.29, 1.82) is 0 Å². The standard InChI is InChI=1S/C46H31N3/c1-2-44-47-40-21-12-22-42-45(40)49(44)41-26-24-30(28-43(41)48(42)31-13-4-3-5-14-31)29-23-25-35-34-17-8-11-20-38(34)46(39(35)27-29)36-18-9-6-15-32(36)33-16-7-10-19-37(33)46/h3-28H,2H2,1H3. The normalized spacial score (nSPS) is 14.0. The first kappa shape index (κ1) is 26.8. The average molecular weight is 626 g/mol. The zero-order valence-electron chi connectivity index (χ0n) is 27.1. The first-order valence-corrected chi connectivity index (χ1v) is 17.2. The zero-order chi connectivity index (χ0) is 32.3. The highest BCUT2D eigenvalue weighted by atomic mass is 15.2. The molecule has 3 aliphatic rings. The van der Waals surface area contributed by atoms with Gasteiger partial charge in [0.05, 0.1) is 33.5 Å². The molecule has 0 bridgehead atoms. The number of imidazole rings is 1. The molecule has 2 aliphatic carbocycles. The summed E-state index contributed by atoms with van der Waals surface area (Å²) in [6.07, 6.45) is 0.858. The van der Waals surface area contributed by atoms with E-state index < -0.39 is 0 Å². The summed E-state index contributed by atoms with van der Waals surface area (Å²) in [7, 11) is 0. The number of rotatable bonds is 3. The molecule has 3 nitrogen and oxygen atoms in total. The molecular formula is C46H31N3. The van der Waals surface area contributed by atoms with E-state index in [0.29, 0.717) is 0 Å². The van der Waals surface area contributed by atoms with E-state index in [2.05, 4.69) is 174 Å². The van der Waals surface area contributed by atoms with Gasteiger partial charge in [0.1, 0.15) is 5.82 Å². The molecule has 0 saturated heterocycles. The lowest BCUT2D eigenvalue weighted by Crippen LogP contribution is -2.25. The van der Waals surface area contributed by atoms with E-state index in [4.69, 9.17) is 4.98 Å². The van der Waals surface area contributed by atoms with Gasteiger partial charge in [-0.15, -0.1) is 0 Å². The monoisotopic (exact) mass is 625 g/mol. The van der Waals surface area contributed by atoms with Gasteiger partial charge in [0.25, 0.3) is 0 Å². The van der Waals surface area contributed by atoms with Gasteiger partial charge >= 0.3 is 0 Å². The minimum absolute atomic E-state index is 0.364. The Kier molecular flexibility index (Phi) is 5.30. The third-order valence-electron chi connectivity index (χ3n) is 11.1. The molecule has 0 unspecified atom stereocenters. The molecule has 1 spiro atoms. The lowest BCUT2D eigenvalue weighted by atomic mass is 9.70. The molecule has 0 N–H and O–H groups in total. The molecule has 1 aromatic heterocycles. The largest absolute Gasteiger partial charge is 0.306 e. The lowest BCUT2D eigenvalue weighted by Gasteiger charge is -2.33. The SMILES string of the molecule is CCc1nc2cccc3c2n1-c1ccc(-c2ccc4c(c2)C2(c5ccccc5-c5ccccc52)c2ccccc2-4)cc1N3c1ccccc1. The third-order valence-corrected chi connectivity index (χ3v) is 11.1. The summed E-state index contributed by atoms with van der Waals surface area (Å²) >= 11 is 0. The molecule has 8 aromatic rings. The summed E-state index contributed by atoms with van der Waals surface area (Å²) in [6, 6.07) is 58.4. The molecule has 11 rings (SSSR count). The van der Waals surface area contributed by atoms with Crippen LogP contribution in [0.2, 0.25) is 0 Å². The average Bonchev–Trinajstić information content (AvgIpc) is 3.80. The first-order chi connectivity index (χ1) is 24.3. The van der Waals surface area contributed by atoms with Crippen molar-refractivity contribution in [3.8, 4) is 39.1 Å². The minimum Gasteiger partial charge on any atom is -0.306 e. The van der Waals surface area contributed by atoms with Crippen LogP contribution in [-0.4, -0.2) is 9.55 Å². The predicted octanol–water partition coefficient (Wildman–Crippen LogP) is 11.4. The number of fused-ring (bicyclic) bond motifs is 12. The summed E-state index contributed by atoms with van der Waals surface area (Å²) in [4.78, 5) is 7.50. The first-order valence-electron chi connectivity index (χ1n) is 17.2. The van der Waals surface area contributed by atoms with Gasteiger partial charge in [-0.05, 0) is 98.1 Å². The van der Waals surface area contributed by atoms with Crippen molar-refractivity contribution < 1.29 is 0 Å². The van der Waals surface area contributed by atoms with Crippen LogP contribution in [0.15, 0.2) is 158 Å². The Bertz CT molecular complexity index is 2600. The maximum Gasteiger partial charge on any atom is 0.114 e. The van der Waals surface area contributed by atoms with Crippen LogP contribution in [-0.2, 0) is 11.8 Å². The second-order valence-electron chi connectivity index (χ2n) is 13.4. The molecule has 7 aromatic carbocycles. The molecule has 0 radical (unpaired) electrons. The summed E-state index contributed by atoms with van der Waals surface area (Å²) in [5.41, 5.74) is 19.6. The van der Waals surface area contributed by atoms with Crippen LogP contribution in [0.4, 0.5) is 17.1 Å². The van der Waals surface area contributed by atoms with Crippen molar-refractivity contribution in [2.75, 3.05) is 4.90 Å². The summed E-state index contributed by atoms with van der Waals surface area (Å²) in [5, 5.41) is 0. The number of para-hydroxylation sites is 2. The molecule has 2 heterocycles. The van der Waals surface area contributed by atoms with Gasteiger partial charge in [0, 0.05) is 12.1 Å². The van der Waals surface area contributed by atoms with Crippen molar-refractivity contribution >= 4 is 28.1 Å². The highest BCUT2D eigenvalue weighted by molar-refractivity contribution is 6.02. The molecular weight excluding hydrogens is 595 g/mol. The second-order valence-corrected chi connectivity index (χ2v) is 13.4. The van der Waals surface area contributed by atoms with Gasteiger partial charge in [-0.25, -0.2) is 4.98 Å². The number of aryl methyl sites for hydroxylation is 1. The number of benzene rings is 7. The Morgan fingerprint density at radius 1 is 0.490 bits per heavy atom. The summed E-state index contributed by atoms with van der Waals surface area (Å²) in [5.74, 6) is 1.08. The van der Waals surface area contributed by atoms with Crippen LogP contribution in [0.1, 0.15) is 35.0 Å². The molecule has 0 saturated carbocycles. The Balaban J connectivity index is 1.17. The van der Waals surface area contributed by atoms with Gasteiger partial charge in [-0.1, -0.05) is 122 Å². The van der Waals surface area contributed by atoms with Crippen molar-refractivity contribution in [2.24, 2.45) is 0 Å². The van der Waals surface area contributed by atoms with Crippen LogP contribution < -0.4 is 4.90 Å². The Hall–Kier alpha value is -6.19. The van der Waals surface area contributed by atoms with Gasteiger partial charge < -0.3 is 4.90 Å². The fourth-order valence-corrected chi connectivity index (χ4v) is 9.16. The molecule has 1 aliphatic heterocycles. The second kappa shape index (κ2) is 9.68. The van der Waals surface area contributed by atoms with Crippen molar-refractivity contribution in [2.45, 2.75) is 18.8 Å². The number of aromatic nitrogens is 2. The Morgan fingerprint density at radius 3 is 1.76 bits per heavy atom. The van der Waals surface area contributed by atoms with Crippen LogP contribution in [0.5, 0.6) is 0 Å². The maximum absolute atomic E-state index is 5.08. The van der Waals surface area contributed by atoms with Crippen molar-refractivity contribution in [3.05, 3.63) is 186 Å². The van der Waals surface area contributed by atoms with Gasteiger partial charge in [-0.2, -0.15) is 0 Å². The highest BCUT2D eigenvalue weighted by Gasteiger charge is 2.51. The number of hydrogen-bond donors (Lipinski definition) is 0. The van der Waals surface area contributed by atoms with Crippen molar-refractivity contribution in [1.82, 2.24) is 9.55 Å². The van der Waals surface area contributed by atoms with E-state index in [9.17, 15) is 0 Å². The predicted molar refractivity (Wildman–Crippen MR) is 200 cm³/mol. The topological polar surface area (TPSA) is 21.1 Å². The Morgan fingerprint density at radius 2 is 1.08 bits per heavy atom. The van der Waals surface area contributed by atoms with E-state index in [-0.39, 0.29) is 5.41 Å². The van der Waals surface area contributed by atoms with Crippen LogP contribution in [0, 0.1) is 0 Å². The molecule has 0 amide bonds. The highest BCUT2D eigenvalue weighted by Crippen LogP contribution is 2.63. The van der Waals surface area contributed by atoms with Crippen LogP contribution >= 0.6 is 0 Å². The summed E-state index contributed by atoms with van der Waals surface area (Å²) < 4.78 is 2.38. The van der Waals surface area contributed by atoms with E-state index >= 15 is 0 Å². The molecule has 0 fully saturated rings. The minimum atomic E-state index is -0.364. The van der Waals surface area contributed by atoms with E-state index in [0.717, 1.165) is 40.5 Å². The molecule has 49 heavy (non-hydrogen) atoms. The van der Waals surface area contributed by atoms with Crippen molar-refractivity contribution in [3.63, 3.8) is 0 Å². The zero-order valence-corrected chi connectivity index (χ0v) is 27.1. The molecule has 230 valence electrons. The number of hydrogen-bond acceptors (Lipinski definition) is 2. The fourth-order valence-electron chi connectivity index (χ4n) is 9.16. The van der Waals surface area contributed by atoms with E-state index in [1.54, 1.807) is 0 Å².